The van der Waals surface area contributed by atoms with Crippen LogP contribution in [-0.4, -0.2) is 19.0 Å². The largest absolute Gasteiger partial charge is 0.356 e. The predicted octanol–water partition coefficient (Wildman–Crippen LogP) is 4.60. The van der Waals surface area contributed by atoms with Crippen LogP contribution in [0.4, 0.5) is 11.4 Å². The first kappa shape index (κ1) is 15.9. The zero-order valence-electron chi connectivity index (χ0n) is 13.4. The number of carbonyl (C=O) groups is 1. The molecular formula is C19H22N2OS. The van der Waals surface area contributed by atoms with Crippen LogP contribution < -0.4 is 10.2 Å². The molecule has 1 N–H and O–H groups in total. The van der Waals surface area contributed by atoms with Gasteiger partial charge in [-0.15, -0.1) is 0 Å². The van der Waals surface area contributed by atoms with Gasteiger partial charge < -0.3 is 10.2 Å². The number of rotatable bonds is 6. The molecule has 0 unspecified atom stereocenters. The highest BCUT2D eigenvalue weighted by Crippen LogP contribution is 2.47. The number of anilines is 2. The zero-order valence-corrected chi connectivity index (χ0v) is 14.2. The Hall–Kier alpha value is -1.94. The topological polar surface area (TPSA) is 32.3 Å². The third-order valence-electron chi connectivity index (χ3n) is 3.95. The molecular weight excluding hydrogens is 304 g/mol. The molecule has 3 rings (SSSR count). The van der Waals surface area contributed by atoms with Gasteiger partial charge in [0.2, 0.25) is 5.91 Å². The summed E-state index contributed by atoms with van der Waals surface area (Å²) in [4.78, 5) is 16.8. The minimum atomic E-state index is 0.131. The van der Waals surface area contributed by atoms with E-state index in [0.29, 0.717) is 13.0 Å². The number of benzene rings is 2. The van der Waals surface area contributed by atoms with Gasteiger partial charge in [0, 0.05) is 29.3 Å². The van der Waals surface area contributed by atoms with Crippen molar-refractivity contribution in [2.75, 3.05) is 18.0 Å². The SMILES string of the molecule is CCCCNC(=O)CCN1c2ccccc2Sc2ccccc21. The van der Waals surface area contributed by atoms with E-state index in [4.69, 9.17) is 0 Å². The monoisotopic (exact) mass is 326 g/mol. The first-order valence-electron chi connectivity index (χ1n) is 8.19. The third kappa shape index (κ3) is 3.70. The average molecular weight is 326 g/mol. The minimum absolute atomic E-state index is 0.131. The average Bonchev–Trinajstić information content (AvgIpc) is 2.59. The van der Waals surface area contributed by atoms with E-state index in [2.05, 4.69) is 65.7 Å². The number of nitrogens with one attached hydrogen (secondary N) is 1. The van der Waals surface area contributed by atoms with Gasteiger partial charge in [0.05, 0.1) is 11.4 Å². The van der Waals surface area contributed by atoms with Crippen molar-refractivity contribution < 1.29 is 4.79 Å². The lowest BCUT2D eigenvalue weighted by Gasteiger charge is -2.32. The first-order chi connectivity index (χ1) is 11.3. The Bertz CT molecular complexity index is 641. The molecule has 4 heteroatoms. The van der Waals surface area contributed by atoms with Crippen molar-refractivity contribution in [2.45, 2.75) is 36.0 Å². The fourth-order valence-electron chi connectivity index (χ4n) is 2.73. The van der Waals surface area contributed by atoms with Gasteiger partial charge in [-0.2, -0.15) is 0 Å². The fraction of sp³-hybridized carbons (Fsp3) is 0.316. The molecule has 2 aromatic carbocycles. The van der Waals surface area contributed by atoms with Crippen molar-refractivity contribution >= 4 is 29.0 Å². The van der Waals surface area contributed by atoms with Crippen molar-refractivity contribution in [3.8, 4) is 0 Å². The summed E-state index contributed by atoms with van der Waals surface area (Å²) in [6.45, 7) is 3.61. The second-order valence-corrected chi connectivity index (χ2v) is 6.73. The molecule has 1 heterocycles. The smallest absolute Gasteiger partial charge is 0.221 e. The summed E-state index contributed by atoms with van der Waals surface area (Å²) in [6.07, 6.45) is 2.65. The van der Waals surface area contributed by atoms with Crippen LogP contribution in [0.1, 0.15) is 26.2 Å². The molecule has 0 aliphatic carbocycles. The highest BCUT2D eigenvalue weighted by molar-refractivity contribution is 7.99. The number of amides is 1. The number of nitrogens with zero attached hydrogens (tertiary/aromatic N) is 1. The molecule has 1 aliphatic heterocycles. The van der Waals surface area contributed by atoms with Gasteiger partial charge in [0.15, 0.2) is 0 Å². The lowest BCUT2D eigenvalue weighted by Crippen LogP contribution is -2.30. The van der Waals surface area contributed by atoms with Crippen LogP contribution in [-0.2, 0) is 4.79 Å². The van der Waals surface area contributed by atoms with Crippen molar-refractivity contribution in [1.29, 1.82) is 0 Å². The minimum Gasteiger partial charge on any atom is -0.356 e. The highest BCUT2D eigenvalue weighted by atomic mass is 32.2. The van der Waals surface area contributed by atoms with Crippen molar-refractivity contribution in [3.63, 3.8) is 0 Å². The van der Waals surface area contributed by atoms with Crippen LogP contribution in [0.2, 0.25) is 0 Å². The third-order valence-corrected chi connectivity index (χ3v) is 5.08. The Labute approximate surface area is 142 Å². The van der Waals surface area contributed by atoms with Crippen LogP contribution in [0.3, 0.4) is 0 Å². The molecule has 23 heavy (non-hydrogen) atoms. The Balaban J connectivity index is 1.75. The molecule has 0 atom stereocenters. The molecule has 0 aromatic heterocycles. The quantitative estimate of drug-likeness (QED) is 0.788. The van der Waals surface area contributed by atoms with E-state index in [0.717, 1.165) is 19.4 Å². The van der Waals surface area contributed by atoms with Gasteiger partial charge in [-0.3, -0.25) is 4.79 Å². The van der Waals surface area contributed by atoms with Crippen LogP contribution in [0.25, 0.3) is 0 Å². The van der Waals surface area contributed by atoms with E-state index in [1.165, 1.54) is 21.2 Å². The predicted molar refractivity (Wildman–Crippen MR) is 96.5 cm³/mol. The second kappa shape index (κ2) is 7.55. The highest BCUT2D eigenvalue weighted by Gasteiger charge is 2.22. The van der Waals surface area contributed by atoms with Crippen LogP contribution in [0.5, 0.6) is 0 Å². The zero-order chi connectivity index (χ0) is 16.1. The Morgan fingerprint density at radius 3 is 2.26 bits per heavy atom. The summed E-state index contributed by atoms with van der Waals surface area (Å²) in [5, 5.41) is 3.00. The second-order valence-electron chi connectivity index (χ2n) is 5.64. The maximum atomic E-state index is 12.0. The summed E-state index contributed by atoms with van der Waals surface area (Å²) in [5.74, 6) is 0.131. The molecule has 0 radical (unpaired) electrons. The molecule has 1 amide bonds. The van der Waals surface area contributed by atoms with E-state index < -0.39 is 0 Å². The maximum absolute atomic E-state index is 12.0. The maximum Gasteiger partial charge on any atom is 0.221 e. The number of hydrogen-bond acceptors (Lipinski definition) is 3. The van der Waals surface area contributed by atoms with E-state index >= 15 is 0 Å². The molecule has 0 saturated carbocycles. The standard InChI is InChI=1S/C19H22N2OS/c1-2-3-13-20-19(22)12-14-21-15-8-4-6-10-17(15)23-18-11-7-5-9-16(18)21/h4-11H,2-3,12-14H2,1H3,(H,20,22). The first-order valence-corrected chi connectivity index (χ1v) is 9.01. The van der Waals surface area contributed by atoms with Gasteiger partial charge in [-0.25, -0.2) is 0 Å². The molecule has 0 saturated heterocycles. The number of hydrogen-bond donors (Lipinski definition) is 1. The summed E-state index contributed by atoms with van der Waals surface area (Å²) < 4.78 is 0. The van der Waals surface area contributed by atoms with E-state index in [1.54, 1.807) is 11.8 Å². The van der Waals surface area contributed by atoms with Gasteiger partial charge >= 0.3 is 0 Å². The van der Waals surface area contributed by atoms with Gasteiger partial charge in [0.1, 0.15) is 0 Å². The molecule has 3 nitrogen and oxygen atoms in total. The Kier molecular flexibility index (Phi) is 5.23. The van der Waals surface area contributed by atoms with E-state index in [-0.39, 0.29) is 5.91 Å². The Morgan fingerprint density at radius 2 is 1.65 bits per heavy atom. The van der Waals surface area contributed by atoms with Crippen molar-refractivity contribution in [2.24, 2.45) is 0 Å². The summed E-state index contributed by atoms with van der Waals surface area (Å²) in [7, 11) is 0. The summed E-state index contributed by atoms with van der Waals surface area (Å²) in [6, 6.07) is 16.8. The van der Waals surface area contributed by atoms with Crippen LogP contribution in [0, 0.1) is 0 Å². The molecule has 120 valence electrons. The summed E-state index contributed by atoms with van der Waals surface area (Å²) in [5.41, 5.74) is 2.38. The molecule has 0 spiro atoms. The lowest BCUT2D eigenvalue weighted by atomic mass is 10.2. The number of unbranched alkanes of at least 4 members (excludes halogenated alkanes) is 1. The number of fused-ring (bicyclic) bond motifs is 2. The number of carbonyl (C=O) groups excluding carboxylic acids is 1. The van der Waals surface area contributed by atoms with Crippen molar-refractivity contribution in [3.05, 3.63) is 48.5 Å². The van der Waals surface area contributed by atoms with Crippen LogP contribution in [0.15, 0.2) is 58.3 Å². The van der Waals surface area contributed by atoms with E-state index in [9.17, 15) is 4.79 Å². The summed E-state index contributed by atoms with van der Waals surface area (Å²) >= 11 is 1.80. The van der Waals surface area contributed by atoms with E-state index in [1.807, 2.05) is 0 Å². The Morgan fingerprint density at radius 1 is 1.04 bits per heavy atom. The molecule has 2 aromatic rings. The number of para-hydroxylation sites is 2. The van der Waals surface area contributed by atoms with Crippen molar-refractivity contribution in [1.82, 2.24) is 5.32 Å². The van der Waals surface area contributed by atoms with Gasteiger partial charge in [0.25, 0.3) is 0 Å². The molecule has 0 fully saturated rings. The van der Waals surface area contributed by atoms with Crippen LogP contribution >= 0.6 is 11.8 Å². The molecule has 1 aliphatic rings. The lowest BCUT2D eigenvalue weighted by molar-refractivity contribution is -0.120. The van der Waals surface area contributed by atoms with Gasteiger partial charge in [-0.1, -0.05) is 49.4 Å². The normalized spacial score (nSPS) is 12.5. The molecule has 0 bridgehead atoms. The fourth-order valence-corrected chi connectivity index (χ4v) is 3.82. The van der Waals surface area contributed by atoms with Gasteiger partial charge in [-0.05, 0) is 30.7 Å².